The number of benzene rings is 3. The molecular weight excluding hydrogens is 447 g/mol. The van der Waals surface area contributed by atoms with Crippen molar-refractivity contribution in [3.05, 3.63) is 88.9 Å². The van der Waals surface area contributed by atoms with E-state index in [9.17, 15) is 18.0 Å². The first kappa shape index (κ1) is 21.6. The van der Waals surface area contributed by atoms with Crippen LogP contribution in [0.2, 0.25) is 5.02 Å². The molecule has 1 unspecified atom stereocenters. The van der Waals surface area contributed by atoms with Crippen molar-refractivity contribution in [1.82, 2.24) is 0 Å². The van der Waals surface area contributed by atoms with E-state index in [-0.39, 0.29) is 11.7 Å². The minimum absolute atomic E-state index is 0.170. The molecule has 3 aromatic carbocycles. The summed E-state index contributed by atoms with van der Waals surface area (Å²) in [6, 6.07) is 18.9. The van der Waals surface area contributed by atoms with Crippen LogP contribution in [0, 0.1) is 0 Å². The van der Waals surface area contributed by atoms with E-state index in [1.165, 1.54) is 17.8 Å². The van der Waals surface area contributed by atoms with Crippen LogP contribution in [0.4, 0.5) is 18.9 Å². The summed E-state index contributed by atoms with van der Waals surface area (Å²) in [5.41, 5.74) is 0.260. The van der Waals surface area contributed by atoms with Gasteiger partial charge in [-0.05, 0) is 73.2 Å². The number of nitrogens with zero attached hydrogens (tertiary/aromatic N) is 1. The predicted octanol–water partition coefficient (Wildman–Crippen LogP) is 7.10. The zero-order valence-corrected chi connectivity index (χ0v) is 17.9. The summed E-state index contributed by atoms with van der Waals surface area (Å²) < 4.78 is 45.4. The fourth-order valence-electron chi connectivity index (χ4n) is 3.46. The van der Waals surface area contributed by atoms with E-state index in [1.54, 1.807) is 66.4 Å². The standard InChI is InChI=1S/C23H17ClF3NO2S/c1-22(15-3-2-4-16(13-15)23(25,26)27)28(21(29)14-31-22)18-7-11-20(12-8-18)30-19-9-5-17(24)6-10-19/h2-13H,14H2,1H3. The Morgan fingerprint density at radius 3 is 2.23 bits per heavy atom. The van der Waals surface area contributed by atoms with Gasteiger partial charge in [0.25, 0.3) is 0 Å². The average molecular weight is 464 g/mol. The fraction of sp³-hybridized carbons (Fsp3) is 0.174. The molecule has 0 radical (unpaired) electrons. The van der Waals surface area contributed by atoms with Gasteiger partial charge in [-0.25, -0.2) is 0 Å². The Morgan fingerprint density at radius 2 is 1.61 bits per heavy atom. The molecule has 8 heteroatoms. The van der Waals surface area contributed by atoms with Crippen molar-refractivity contribution in [3.8, 4) is 11.5 Å². The fourth-order valence-corrected chi connectivity index (χ4v) is 4.75. The number of thioether (sulfide) groups is 1. The number of amides is 1. The Labute approximate surface area is 186 Å². The number of anilines is 1. The van der Waals surface area contributed by atoms with Crippen molar-refractivity contribution in [2.75, 3.05) is 10.7 Å². The number of ether oxygens (including phenoxy) is 1. The van der Waals surface area contributed by atoms with Gasteiger partial charge in [-0.2, -0.15) is 13.2 Å². The average Bonchev–Trinajstić information content (AvgIpc) is 3.05. The lowest BCUT2D eigenvalue weighted by atomic mass is 10.0. The van der Waals surface area contributed by atoms with Crippen molar-refractivity contribution in [2.45, 2.75) is 18.0 Å². The van der Waals surface area contributed by atoms with Gasteiger partial charge in [0.2, 0.25) is 5.91 Å². The zero-order chi connectivity index (χ0) is 22.2. The van der Waals surface area contributed by atoms with Gasteiger partial charge >= 0.3 is 6.18 Å². The van der Waals surface area contributed by atoms with Crippen molar-refractivity contribution in [2.24, 2.45) is 0 Å². The topological polar surface area (TPSA) is 29.5 Å². The summed E-state index contributed by atoms with van der Waals surface area (Å²) >= 11 is 7.18. The molecule has 0 aromatic heterocycles. The van der Waals surface area contributed by atoms with E-state index in [0.717, 1.165) is 12.1 Å². The van der Waals surface area contributed by atoms with Gasteiger partial charge in [-0.15, -0.1) is 11.8 Å². The first-order valence-electron chi connectivity index (χ1n) is 9.35. The minimum Gasteiger partial charge on any atom is -0.457 e. The largest absolute Gasteiger partial charge is 0.457 e. The lowest BCUT2D eigenvalue weighted by Crippen LogP contribution is -2.40. The third kappa shape index (κ3) is 4.38. The second kappa shape index (κ2) is 8.13. The number of carbonyl (C=O) groups is 1. The molecule has 160 valence electrons. The Morgan fingerprint density at radius 1 is 1.00 bits per heavy atom. The molecule has 1 aliphatic heterocycles. The number of hydrogen-bond donors (Lipinski definition) is 0. The maximum absolute atomic E-state index is 13.2. The predicted molar refractivity (Wildman–Crippen MR) is 117 cm³/mol. The van der Waals surface area contributed by atoms with Crippen molar-refractivity contribution in [3.63, 3.8) is 0 Å². The molecule has 1 amide bonds. The van der Waals surface area contributed by atoms with Gasteiger partial charge in [0.1, 0.15) is 16.4 Å². The van der Waals surface area contributed by atoms with E-state index in [1.807, 2.05) is 0 Å². The van der Waals surface area contributed by atoms with E-state index in [2.05, 4.69) is 0 Å². The van der Waals surface area contributed by atoms with Gasteiger partial charge < -0.3 is 4.74 Å². The molecule has 1 heterocycles. The summed E-state index contributed by atoms with van der Waals surface area (Å²) in [6.07, 6.45) is -4.45. The number of hydrogen-bond acceptors (Lipinski definition) is 3. The van der Waals surface area contributed by atoms with Crippen LogP contribution < -0.4 is 9.64 Å². The summed E-state index contributed by atoms with van der Waals surface area (Å²) in [7, 11) is 0. The van der Waals surface area contributed by atoms with Crippen LogP contribution in [0.15, 0.2) is 72.8 Å². The molecule has 0 bridgehead atoms. The summed E-state index contributed by atoms with van der Waals surface area (Å²) in [4.78, 5) is 13.3. The van der Waals surface area contributed by atoms with E-state index >= 15 is 0 Å². The van der Waals surface area contributed by atoms with Crippen molar-refractivity contribution >= 4 is 35.0 Å². The lowest BCUT2D eigenvalue weighted by Gasteiger charge is -2.35. The molecule has 4 rings (SSSR count). The van der Waals surface area contributed by atoms with Gasteiger partial charge in [0, 0.05) is 10.7 Å². The van der Waals surface area contributed by atoms with Gasteiger partial charge in [-0.1, -0.05) is 23.7 Å². The van der Waals surface area contributed by atoms with E-state index in [0.29, 0.717) is 27.8 Å². The number of rotatable bonds is 4. The van der Waals surface area contributed by atoms with Crippen LogP contribution in [0.5, 0.6) is 11.5 Å². The molecule has 1 saturated heterocycles. The van der Waals surface area contributed by atoms with Gasteiger partial charge in [0.15, 0.2) is 0 Å². The zero-order valence-electron chi connectivity index (χ0n) is 16.3. The number of alkyl halides is 3. The second-order valence-electron chi connectivity index (χ2n) is 7.13. The molecule has 1 aliphatic rings. The normalized spacial score (nSPS) is 19.0. The third-order valence-electron chi connectivity index (χ3n) is 5.02. The highest BCUT2D eigenvalue weighted by Crippen LogP contribution is 2.48. The molecule has 1 fully saturated rings. The highest BCUT2D eigenvalue weighted by molar-refractivity contribution is 8.01. The number of carbonyl (C=O) groups excluding carboxylic acids is 1. The van der Waals surface area contributed by atoms with Crippen LogP contribution in [0.1, 0.15) is 18.1 Å². The molecule has 31 heavy (non-hydrogen) atoms. The van der Waals surface area contributed by atoms with Crippen molar-refractivity contribution in [1.29, 1.82) is 0 Å². The quantitative estimate of drug-likeness (QED) is 0.413. The summed E-state index contributed by atoms with van der Waals surface area (Å²) in [6.45, 7) is 1.76. The van der Waals surface area contributed by atoms with Crippen molar-refractivity contribution < 1.29 is 22.7 Å². The second-order valence-corrected chi connectivity index (χ2v) is 8.94. The van der Waals surface area contributed by atoms with E-state index < -0.39 is 16.6 Å². The molecular formula is C23H17ClF3NO2S. The monoisotopic (exact) mass is 463 g/mol. The molecule has 3 aromatic rings. The number of halogens is 4. The smallest absolute Gasteiger partial charge is 0.416 e. The van der Waals surface area contributed by atoms with Crippen LogP contribution >= 0.6 is 23.4 Å². The highest BCUT2D eigenvalue weighted by Gasteiger charge is 2.45. The minimum atomic E-state index is -4.45. The maximum Gasteiger partial charge on any atom is 0.416 e. The molecule has 0 N–H and O–H groups in total. The summed E-state index contributed by atoms with van der Waals surface area (Å²) in [5.74, 6) is 1.18. The van der Waals surface area contributed by atoms with Crippen LogP contribution in [-0.4, -0.2) is 11.7 Å². The third-order valence-corrected chi connectivity index (χ3v) is 6.65. The highest BCUT2D eigenvalue weighted by atomic mass is 35.5. The molecule has 0 spiro atoms. The molecule has 0 saturated carbocycles. The molecule has 0 aliphatic carbocycles. The lowest BCUT2D eigenvalue weighted by molar-refractivity contribution is -0.137. The Balaban J connectivity index is 1.63. The van der Waals surface area contributed by atoms with Crippen LogP contribution in [0.25, 0.3) is 0 Å². The van der Waals surface area contributed by atoms with E-state index in [4.69, 9.17) is 16.3 Å². The van der Waals surface area contributed by atoms with Gasteiger partial charge in [-0.3, -0.25) is 9.69 Å². The maximum atomic E-state index is 13.2. The Hall–Kier alpha value is -2.64. The SMILES string of the molecule is CC1(c2cccc(C(F)(F)F)c2)SCC(=O)N1c1ccc(Oc2ccc(Cl)cc2)cc1. The van der Waals surface area contributed by atoms with Crippen LogP contribution in [0.3, 0.4) is 0 Å². The first-order chi connectivity index (χ1) is 14.7. The molecule has 3 nitrogen and oxygen atoms in total. The van der Waals surface area contributed by atoms with Crippen LogP contribution in [-0.2, 0) is 15.8 Å². The Kier molecular flexibility index (Phi) is 5.66. The first-order valence-corrected chi connectivity index (χ1v) is 10.7. The van der Waals surface area contributed by atoms with Gasteiger partial charge in [0.05, 0.1) is 11.3 Å². The Bertz CT molecular complexity index is 1100. The summed E-state index contributed by atoms with van der Waals surface area (Å²) in [5, 5.41) is 0.599. The molecule has 1 atom stereocenters.